The molecule has 126 valence electrons. The minimum absolute atomic E-state index is 0.0628. The molecule has 0 unspecified atom stereocenters. The second kappa shape index (κ2) is 7.24. The molecule has 6 nitrogen and oxygen atoms in total. The quantitative estimate of drug-likeness (QED) is 0.790. The van der Waals surface area contributed by atoms with Crippen LogP contribution in [-0.2, 0) is 20.5 Å². The van der Waals surface area contributed by atoms with E-state index in [9.17, 15) is 4.79 Å². The molecule has 1 amide bonds. The third-order valence-electron chi connectivity index (χ3n) is 3.15. The highest BCUT2D eigenvalue weighted by molar-refractivity contribution is 5.91. The molecule has 0 aliphatic carbocycles. The van der Waals surface area contributed by atoms with E-state index in [-0.39, 0.29) is 23.4 Å². The number of amides is 1. The van der Waals surface area contributed by atoms with E-state index in [1.54, 1.807) is 7.11 Å². The molecule has 1 heterocycles. The molecule has 1 aromatic rings. The van der Waals surface area contributed by atoms with E-state index in [1.165, 1.54) is 0 Å². The van der Waals surface area contributed by atoms with Crippen molar-refractivity contribution in [2.75, 3.05) is 32.1 Å². The van der Waals surface area contributed by atoms with Gasteiger partial charge in [-0.25, -0.2) is 4.68 Å². The zero-order valence-electron chi connectivity index (χ0n) is 14.9. The number of carbonyl (C=O) groups excluding carboxylic acids is 1. The van der Waals surface area contributed by atoms with Crippen molar-refractivity contribution >= 4 is 11.7 Å². The zero-order chi connectivity index (χ0) is 17.0. The topological polar surface area (TPSA) is 68.2 Å². The van der Waals surface area contributed by atoms with Crippen LogP contribution in [0.15, 0.2) is 6.07 Å². The fraction of sp³-hybridized carbons (Fsp3) is 0.750. The maximum atomic E-state index is 12.1. The molecule has 1 rings (SSSR count). The minimum atomic E-state index is -0.199. The molecule has 0 aliphatic heterocycles. The Morgan fingerprint density at radius 2 is 1.91 bits per heavy atom. The first-order valence-corrected chi connectivity index (χ1v) is 7.66. The number of anilines is 1. The Hall–Kier alpha value is -1.40. The largest absolute Gasteiger partial charge is 0.383 e. The van der Waals surface area contributed by atoms with Crippen LogP contribution in [0.5, 0.6) is 0 Å². The molecular formula is C16H30N4O2. The van der Waals surface area contributed by atoms with Gasteiger partial charge in [-0.1, -0.05) is 20.8 Å². The Labute approximate surface area is 133 Å². The van der Waals surface area contributed by atoms with Crippen LogP contribution in [0.2, 0.25) is 0 Å². The minimum Gasteiger partial charge on any atom is -0.383 e. The van der Waals surface area contributed by atoms with Crippen LogP contribution < -0.4 is 10.6 Å². The van der Waals surface area contributed by atoms with Crippen molar-refractivity contribution in [3.63, 3.8) is 0 Å². The summed E-state index contributed by atoms with van der Waals surface area (Å²) >= 11 is 0. The Morgan fingerprint density at radius 3 is 2.41 bits per heavy atom. The molecule has 0 saturated heterocycles. The van der Waals surface area contributed by atoms with Gasteiger partial charge in [0.05, 0.1) is 24.4 Å². The first-order valence-electron chi connectivity index (χ1n) is 7.66. The van der Waals surface area contributed by atoms with Gasteiger partial charge in [-0.05, 0) is 20.8 Å². The molecule has 0 spiro atoms. The molecule has 1 aromatic heterocycles. The average molecular weight is 310 g/mol. The summed E-state index contributed by atoms with van der Waals surface area (Å²) in [6, 6.07) is 1.96. The van der Waals surface area contributed by atoms with Crippen LogP contribution in [0.3, 0.4) is 0 Å². The standard InChI is InChI=1S/C16H30N4O2/c1-15(2,3)12-10-13(20(19-12)16(4,5)6)18-14(21)11-17-8-9-22-7/h10,17H,8-9,11H2,1-7H3,(H,18,21). The summed E-state index contributed by atoms with van der Waals surface area (Å²) in [4.78, 5) is 12.1. The van der Waals surface area contributed by atoms with Crippen LogP contribution in [0.1, 0.15) is 47.2 Å². The number of hydrogen-bond donors (Lipinski definition) is 2. The average Bonchev–Trinajstić information content (AvgIpc) is 2.78. The van der Waals surface area contributed by atoms with Crippen LogP contribution in [0.25, 0.3) is 0 Å². The molecule has 6 heteroatoms. The summed E-state index contributed by atoms with van der Waals surface area (Å²) in [5.41, 5.74) is 0.701. The number of ether oxygens (including phenoxy) is 1. The van der Waals surface area contributed by atoms with Gasteiger partial charge in [0.2, 0.25) is 5.91 Å². The molecule has 22 heavy (non-hydrogen) atoms. The second-order valence-electron chi connectivity index (χ2n) is 7.47. The van der Waals surface area contributed by atoms with E-state index >= 15 is 0 Å². The highest BCUT2D eigenvalue weighted by Gasteiger charge is 2.25. The number of methoxy groups -OCH3 is 1. The predicted molar refractivity (Wildman–Crippen MR) is 89.3 cm³/mol. The number of carbonyl (C=O) groups is 1. The summed E-state index contributed by atoms with van der Waals surface area (Å²) in [5, 5.41) is 10.7. The molecule has 0 aromatic carbocycles. The molecule has 2 N–H and O–H groups in total. The lowest BCUT2D eigenvalue weighted by atomic mass is 9.92. The number of aromatic nitrogens is 2. The summed E-state index contributed by atoms with van der Waals surface area (Å²) in [5.74, 6) is 0.651. The Kier molecular flexibility index (Phi) is 6.14. The maximum Gasteiger partial charge on any atom is 0.239 e. The van der Waals surface area contributed by atoms with Gasteiger partial charge >= 0.3 is 0 Å². The van der Waals surface area contributed by atoms with Crippen LogP contribution >= 0.6 is 0 Å². The van der Waals surface area contributed by atoms with Crippen molar-refractivity contribution in [1.29, 1.82) is 0 Å². The van der Waals surface area contributed by atoms with Gasteiger partial charge < -0.3 is 15.4 Å². The fourth-order valence-corrected chi connectivity index (χ4v) is 1.91. The summed E-state index contributed by atoms with van der Waals surface area (Å²) in [6.07, 6.45) is 0. The molecule has 0 radical (unpaired) electrons. The van der Waals surface area contributed by atoms with Gasteiger partial charge in [0.1, 0.15) is 5.82 Å². The lowest BCUT2D eigenvalue weighted by molar-refractivity contribution is -0.115. The van der Waals surface area contributed by atoms with E-state index in [2.05, 4.69) is 57.3 Å². The Morgan fingerprint density at radius 1 is 1.27 bits per heavy atom. The van der Waals surface area contributed by atoms with Crippen LogP contribution in [0.4, 0.5) is 5.82 Å². The number of rotatable bonds is 6. The van der Waals surface area contributed by atoms with E-state index in [0.717, 1.165) is 11.5 Å². The van der Waals surface area contributed by atoms with Crippen molar-refractivity contribution in [1.82, 2.24) is 15.1 Å². The van der Waals surface area contributed by atoms with Gasteiger partial charge in [-0.3, -0.25) is 4.79 Å². The first kappa shape index (κ1) is 18.6. The zero-order valence-corrected chi connectivity index (χ0v) is 14.9. The summed E-state index contributed by atoms with van der Waals surface area (Å²) < 4.78 is 6.81. The van der Waals surface area contributed by atoms with E-state index in [0.29, 0.717) is 13.2 Å². The monoisotopic (exact) mass is 310 g/mol. The molecular weight excluding hydrogens is 280 g/mol. The highest BCUT2D eigenvalue weighted by Crippen LogP contribution is 2.28. The normalized spacial score (nSPS) is 12.5. The SMILES string of the molecule is COCCNCC(=O)Nc1cc(C(C)(C)C)nn1C(C)(C)C. The van der Waals surface area contributed by atoms with Gasteiger partial charge in [-0.15, -0.1) is 0 Å². The van der Waals surface area contributed by atoms with Gasteiger partial charge in [-0.2, -0.15) is 5.10 Å². The Bertz CT molecular complexity index is 495. The fourth-order valence-electron chi connectivity index (χ4n) is 1.91. The maximum absolute atomic E-state index is 12.1. The van der Waals surface area contributed by atoms with Crippen molar-refractivity contribution in [3.05, 3.63) is 11.8 Å². The van der Waals surface area contributed by atoms with Crippen LogP contribution in [-0.4, -0.2) is 42.5 Å². The van der Waals surface area contributed by atoms with Crippen LogP contribution in [0, 0.1) is 0 Å². The van der Waals surface area contributed by atoms with Gasteiger partial charge in [0, 0.05) is 25.1 Å². The number of nitrogens with zero attached hydrogens (tertiary/aromatic N) is 2. The van der Waals surface area contributed by atoms with Crippen molar-refractivity contribution in [2.24, 2.45) is 0 Å². The van der Waals surface area contributed by atoms with E-state index in [1.807, 2.05) is 10.7 Å². The lowest BCUT2D eigenvalue weighted by Crippen LogP contribution is -2.32. The van der Waals surface area contributed by atoms with E-state index < -0.39 is 0 Å². The van der Waals surface area contributed by atoms with Crippen molar-refractivity contribution in [3.8, 4) is 0 Å². The van der Waals surface area contributed by atoms with E-state index in [4.69, 9.17) is 4.74 Å². The highest BCUT2D eigenvalue weighted by atomic mass is 16.5. The van der Waals surface area contributed by atoms with Gasteiger partial charge in [0.25, 0.3) is 0 Å². The number of hydrogen-bond acceptors (Lipinski definition) is 4. The Balaban J connectivity index is 2.84. The molecule has 0 bridgehead atoms. The summed E-state index contributed by atoms with van der Waals surface area (Å²) in [6.45, 7) is 14.0. The smallest absolute Gasteiger partial charge is 0.239 e. The molecule has 0 fully saturated rings. The molecule has 0 atom stereocenters. The summed E-state index contributed by atoms with van der Waals surface area (Å²) in [7, 11) is 1.64. The lowest BCUT2D eigenvalue weighted by Gasteiger charge is -2.23. The predicted octanol–water partition coefficient (Wildman–Crippen LogP) is 2.11. The molecule has 0 aliphatic rings. The first-order chi connectivity index (χ1) is 10.1. The van der Waals surface area contributed by atoms with Gasteiger partial charge in [0.15, 0.2) is 0 Å². The third kappa shape index (κ3) is 5.42. The van der Waals surface area contributed by atoms with Crippen molar-refractivity contribution in [2.45, 2.75) is 52.5 Å². The van der Waals surface area contributed by atoms with Crippen molar-refractivity contribution < 1.29 is 9.53 Å². The second-order valence-corrected chi connectivity index (χ2v) is 7.47. The third-order valence-corrected chi connectivity index (χ3v) is 3.15. The number of nitrogens with one attached hydrogen (secondary N) is 2. The molecule has 0 saturated carbocycles.